The van der Waals surface area contributed by atoms with Crippen LogP contribution in [0.3, 0.4) is 0 Å². The van der Waals surface area contributed by atoms with Crippen molar-refractivity contribution in [1.82, 2.24) is 9.88 Å². The number of nitrogens with one attached hydrogen (secondary N) is 1. The van der Waals surface area contributed by atoms with Crippen LogP contribution in [0.25, 0.3) is 10.9 Å². The van der Waals surface area contributed by atoms with Gasteiger partial charge < -0.3 is 14.5 Å². The van der Waals surface area contributed by atoms with Crippen molar-refractivity contribution in [2.24, 2.45) is 0 Å². The zero-order chi connectivity index (χ0) is 22.9. The molecule has 7 heteroatoms. The number of ether oxygens (including phenoxy) is 2. The monoisotopic (exact) mass is 480 g/mol. The zero-order valence-corrected chi connectivity index (χ0v) is 19.9. The van der Waals surface area contributed by atoms with Crippen molar-refractivity contribution >= 4 is 40.4 Å². The van der Waals surface area contributed by atoms with E-state index in [4.69, 9.17) is 21.1 Å². The number of halogens is 1. The number of amides is 1. The second-order valence-corrected chi connectivity index (χ2v) is 9.19. The summed E-state index contributed by atoms with van der Waals surface area (Å²) in [5.41, 5.74) is 4.33. The molecule has 0 aliphatic carbocycles. The summed E-state index contributed by atoms with van der Waals surface area (Å²) in [6.45, 7) is 0.548. The van der Waals surface area contributed by atoms with Crippen LogP contribution in [0.1, 0.15) is 24.3 Å². The lowest BCUT2D eigenvalue weighted by Gasteiger charge is -2.35. The van der Waals surface area contributed by atoms with Crippen molar-refractivity contribution in [2.45, 2.75) is 17.4 Å². The van der Waals surface area contributed by atoms with Gasteiger partial charge in [-0.25, -0.2) is 4.79 Å². The highest BCUT2D eigenvalue weighted by Crippen LogP contribution is 2.40. The highest BCUT2D eigenvalue weighted by molar-refractivity contribution is 7.98. The number of aromatic nitrogens is 1. The molecule has 4 aromatic rings. The number of carbonyl (C=O) groups is 1. The smallest absolute Gasteiger partial charge is 0.416 e. The third-order valence-electron chi connectivity index (χ3n) is 6.02. The normalized spacial score (nSPS) is 15.4. The molecule has 1 N–H and O–H groups in total. The SMILES string of the molecule is COc1ccc(C2c3[nH]c4ccc(SC)cc4c3CCN2C(=O)Oc2ccc(Cl)cc2)cc1.[HH]. The molecule has 1 aliphatic rings. The number of H-pyrrole nitrogens is 1. The van der Waals surface area contributed by atoms with Gasteiger partial charge in [-0.05, 0) is 78.4 Å². The summed E-state index contributed by atoms with van der Waals surface area (Å²) in [4.78, 5) is 19.9. The zero-order valence-electron chi connectivity index (χ0n) is 18.3. The van der Waals surface area contributed by atoms with Crippen LogP contribution in [-0.2, 0) is 6.42 Å². The fourth-order valence-corrected chi connectivity index (χ4v) is 4.95. The Hall–Kier alpha value is -3.09. The molecular weight excluding hydrogens is 456 g/mol. The van der Waals surface area contributed by atoms with Crippen molar-refractivity contribution in [1.29, 1.82) is 0 Å². The summed E-state index contributed by atoms with van der Waals surface area (Å²) in [5, 5.41) is 1.80. The molecule has 0 saturated heterocycles. The topological polar surface area (TPSA) is 54.6 Å². The van der Waals surface area contributed by atoms with E-state index >= 15 is 0 Å². The first-order valence-electron chi connectivity index (χ1n) is 10.6. The van der Waals surface area contributed by atoms with E-state index in [1.54, 1.807) is 48.0 Å². The molecule has 3 aromatic carbocycles. The van der Waals surface area contributed by atoms with Crippen LogP contribution in [0.5, 0.6) is 11.5 Å². The van der Waals surface area contributed by atoms with Crippen molar-refractivity contribution in [3.05, 3.63) is 88.6 Å². The number of hydrogen-bond acceptors (Lipinski definition) is 4. The summed E-state index contributed by atoms with van der Waals surface area (Å²) >= 11 is 7.70. The van der Waals surface area contributed by atoms with Gasteiger partial charge in [-0.1, -0.05) is 23.7 Å². The molecule has 1 aliphatic heterocycles. The maximum Gasteiger partial charge on any atom is 0.416 e. The average Bonchev–Trinajstić information content (AvgIpc) is 3.22. The Labute approximate surface area is 203 Å². The Morgan fingerprint density at radius 3 is 2.52 bits per heavy atom. The molecule has 1 unspecified atom stereocenters. The fourth-order valence-electron chi connectivity index (χ4n) is 4.39. The molecule has 1 atom stereocenters. The standard InChI is InChI=1S/C26H23ClN2O3S.H2/c1-31-18-7-3-16(4-8-18)25-24-21(22-15-20(33-2)11-12-23(22)28-24)13-14-29(25)26(30)32-19-9-5-17(27)6-10-19;/h3-12,15,25,28H,13-14H2,1-2H3;1H. The van der Waals surface area contributed by atoms with Crippen molar-refractivity contribution in [3.8, 4) is 11.5 Å². The summed E-state index contributed by atoms with van der Waals surface area (Å²) in [6.07, 6.45) is 2.43. The molecule has 0 saturated carbocycles. The van der Waals surface area contributed by atoms with Crippen LogP contribution < -0.4 is 9.47 Å². The molecule has 0 spiro atoms. The predicted octanol–water partition coefficient (Wildman–Crippen LogP) is 6.94. The van der Waals surface area contributed by atoms with E-state index < -0.39 is 6.09 Å². The minimum atomic E-state index is -0.396. The minimum absolute atomic E-state index is 0. The van der Waals surface area contributed by atoms with E-state index in [0.29, 0.717) is 17.3 Å². The average molecular weight is 481 g/mol. The Morgan fingerprint density at radius 1 is 1.09 bits per heavy atom. The van der Waals surface area contributed by atoms with Crippen molar-refractivity contribution in [2.75, 3.05) is 19.9 Å². The van der Waals surface area contributed by atoms with E-state index in [9.17, 15) is 4.79 Å². The van der Waals surface area contributed by atoms with Gasteiger partial charge in [-0.3, -0.25) is 4.90 Å². The van der Waals surface area contributed by atoms with Gasteiger partial charge >= 0.3 is 6.09 Å². The molecule has 0 fully saturated rings. The van der Waals surface area contributed by atoms with E-state index in [1.807, 2.05) is 24.3 Å². The van der Waals surface area contributed by atoms with E-state index in [1.165, 1.54) is 15.8 Å². The third kappa shape index (κ3) is 4.16. The van der Waals surface area contributed by atoms with Crippen LogP contribution in [-0.4, -0.2) is 35.9 Å². The van der Waals surface area contributed by atoms with Crippen LogP contribution in [0, 0.1) is 0 Å². The van der Waals surface area contributed by atoms with Gasteiger partial charge in [0.1, 0.15) is 17.5 Å². The number of benzene rings is 3. The van der Waals surface area contributed by atoms with Gasteiger partial charge in [0.05, 0.1) is 7.11 Å². The summed E-state index contributed by atoms with van der Waals surface area (Å²) < 4.78 is 11.1. The lowest BCUT2D eigenvalue weighted by Crippen LogP contribution is -2.42. The number of thioether (sulfide) groups is 1. The number of carbonyl (C=O) groups excluding carboxylic acids is 1. The van der Waals surface area contributed by atoms with Gasteiger partial charge in [-0.15, -0.1) is 11.8 Å². The Bertz CT molecular complexity index is 1310. The second-order valence-electron chi connectivity index (χ2n) is 7.87. The Kier molecular flexibility index (Phi) is 5.96. The van der Waals surface area contributed by atoms with Gasteiger partial charge in [0, 0.05) is 34.5 Å². The van der Waals surface area contributed by atoms with Gasteiger partial charge in [0.2, 0.25) is 0 Å². The minimum Gasteiger partial charge on any atom is -0.497 e. The predicted molar refractivity (Wildman–Crippen MR) is 135 cm³/mol. The molecule has 33 heavy (non-hydrogen) atoms. The molecule has 1 amide bonds. The summed E-state index contributed by atoms with van der Waals surface area (Å²) in [6, 6.07) is 20.8. The number of hydrogen-bond donors (Lipinski definition) is 1. The molecule has 2 heterocycles. The molecule has 5 rings (SSSR count). The third-order valence-corrected chi connectivity index (χ3v) is 7.00. The van der Waals surface area contributed by atoms with Crippen LogP contribution >= 0.6 is 23.4 Å². The number of aromatic amines is 1. The molecular formula is C26H25ClN2O3S. The lowest BCUT2D eigenvalue weighted by atomic mass is 9.92. The number of methoxy groups -OCH3 is 1. The van der Waals surface area contributed by atoms with Gasteiger partial charge in [-0.2, -0.15) is 0 Å². The van der Waals surface area contributed by atoms with Gasteiger partial charge in [0.15, 0.2) is 0 Å². The Morgan fingerprint density at radius 2 is 1.82 bits per heavy atom. The fraction of sp³-hybridized carbons (Fsp3) is 0.192. The Balaban J connectivity index is 0.00000274. The summed E-state index contributed by atoms with van der Waals surface area (Å²) in [5.74, 6) is 1.23. The van der Waals surface area contributed by atoms with Crippen molar-refractivity contribution in [3.63, 3.8) is 0 Å². The van der Waals surface area contributed by atoms with E-state index in [2.05, 4.69) is 29.4 Å². The first kappa shape index (κ1) is 21.7. The first-order valence-corrected chi connectivity index (χ1v) is 12.2. The lowest BCUT2D eigenvalue weighted by molar-refractivity contribution is 0.135. The van der Waals surface area contributed by atoms with Gasteiger partial charge in [0.25, 0.3) is 0 Å². The van der Waals surface area contributed by atoms with E-state index in [0.717, 1.165) is 28.9 Å². The maximum absolute atomic E-state index is 13.3. The number of rotatable bonds is 4. The number of nitrogens with zero attached hydrogens (tertiary/aromatic N) is 1. The van der Waals surface area contributed by atoms with Crippen LogP contribution in [0.15, 0.2) is 71.6 Å². The second kappa shape index (κ2) is 9.04. The highest BCUT2D eigenvalue weighted by Gasteiger charge is 2.35. The molecule has 1 aromatic heterocycles. The number of fused-ring (bicyclic) bond motifs is 3. The molecule has 0 bridgehead atoms. The largest absolute Gasteiger partial charge is 0.497 e. The quantitative estimate of drug-likeness (QED) is 0.321. The maximum atomic E-state index is 13.3. The van der Waals surface area contributed by atoms with Crippen LogP contribution in [0.2, 0.25) is 5.02 Å². The molecule has 170 valence electrons. The van der Waals surface area contributed by atoms with Crippen LogP contribution in [0.4, 0.5) is 4.79 Å². The highest BCUT2D eigenvalue weighted by atomic mass is 35.5. The molecule has 5 nitrogen and oxygen atoms in total. The van der Waals surface area contributed by atoms with Crippen molar-refractivity contribution < 1.29 is 15.7 Å². The summed E-state index contributed by atoms with van der Waals surface area (Å²) in [7, 11) is 1.64. The first-order chi connectivity index (χ1) is 16.1. The molecule has 0 radical (unpaired) electrons. The van der Waals surface area contributed by atoms with E-state index in [-0.39, 0.29) is 7.47 Å².